The molecule has 144 valence electrons. The number of nitrogens with zero attached hydrogens (tertiary/aromatic N) is 3. The monoisotopic (exact) mass is 408 g/mol. The number of carbonyl (C=O) groups excluding carboxylic acids is 2. The van der Waals surface area contributed by atoms with E-state index in [1.54, 1.807) is 34.1 Å². The van der Waals surface area contributed by atoms with Gasteiger partial charge in [-0.3, -0.25) is 4.79 Å². The number of carbonyl (C=O) groups is 2. The molecule has 1 aliphatic heterocycles. The zero-order valence-electron chi connectivity index (χ0n) is 14.8. The van der Waals surface area contributed by atoms with Crippen molar-refractivity contribution in [2.24, 2.45) is 5.73 Å². The molecule has 0 bridgehead atoms. The van der Waals surface area contributed by atoms with Gasteiger partial charge in [0.2, 0.25) is 5.91 Å². The van der Waals surface area contributed by atoms with Crippen LogP contribution in [-0.4, -0.2) is 52.9 Å². The number of hydrogen-bond acceptors (Lipinski definition) is 5. The van der Waals surface area contributed by atoms with Crippen molar-refractivity contribution in [3.05, 3.63) is 45.4 Å². The molecule has 2 aromatic rings. The van der Waals surface area contributed by atoms with Crippen molar-refractivity contribution in [3.8, 4) is 5.75 Å². The van der Waals surface area contributed by atoms with E-state index in [1.807, 2.05) is 5.38 Å². The van der Waals surface area contributed by atoms with Crippen molar-refractivity contribution in [2.45, 2.75) is 19.4 Å². The van der Waals surface area contributed by atoms with Crippen LogP contribution in [0.25, 0.3) is 0 Å². The van der Waals surface area contributed by atoms with Crippen LogP contribution in [0.3, 0.4) is 0 Å². The highest BCUT2D eigenvalue weighted by Crippen LogP contribution is 2.18. The summed E-state index contributed by atoms with van der Waals surface area (Å²) in [6.07, 6.45) is 0.972. The third kappa shape index (κ3) is 5.58. The van der Waals surface area contributed by atoms with E-state index in [0.29, 0.717) is 37.8 Å². The molecule has 3 amide bonds. The topological polar surface area (TPSA) is 88.8 Å². The fourth-order valence-corrected chi connectivity index (χ4v) is 3.66. The highest BCUT2D eigenvalue weighted by Gasteiger charge is 2.21. The van der Waals surface area contributed by atoms with Gasteiger partial charge < -0.3 is 20.3 Å². The number of aromatic nitrogens is 1. The molecule has 0 radical (unpaired) electrons. The molecule has 0 saturated carbocycles. The standard InChI is InChI=1S/C18H21ClN4O3S/c19-13-2-4-15(5-3-13)26-11-16-21-14(12-27-16)10-17(24)22-6-1-7-23(9-8-22)18(20)25/h2-5,12H,1,6-11H2,(H2,20,25). The molecule has 7 nitrogen and oxygen atoms in total. The van der Waals surface area contributed by atoms with Crippen LogP contribution in [0.2, 0.25) is 5.02 Å². The molecule has 1 aliphatic rings. The summed E-state index contributed by atoms with van der Waals surface area (Å²) in [5.74, 6) is 0.729. The summed E-state index contributed by atoms with van der Waals surface area (Å²) >= 11 is 7.32. The molecule has 1 aromatic carbocycles. The van der Waals surface area contributed by atoms with Crippen molar-refractivity contribution in [1.29, 1.82) is 0 Å². The van der Waals surface area contributed by atoms with E-state index < -0.39 is 6.03 Å². The Kier molecular flexibility index (Phi) is 6.52. The molecule has 0 atom stereocenters. The molecule has 27 heavy (non-hydrogen) atoms. The Labute approximate surface area is 166 Å². The van der Waals surface area contributed by atoms with Crippen molar-refractivity contribution in [1.82, 2.24) is 14.8 Å². The number of primary amides is 1. The second kappa shape index (κ2) is 9.05. The average molecular weight is 409 g/mol. The SMILES string of the molecule is NC(=O)N1CCCN(C(=O)Cc2csc(COc3ccc(Cl)cc3)n2)CC1. The molecular weight excluding hydrogens is 388 g/mol. The summed E-state index contributed by atoms with van der Waals surface area (Å²) in [5.41, 5.74) is 6.05. The third-order valence-electron chi connectivity index (χ3n) is 4.27. The summed E-state index contributed by atoms with van der Waals surface area (Å²) < 4.78 is 5.68. The van der Waals surface area contributed by atoms with E-state index >= 15 is 0 Å². The van der Waals surface area contributed by atoms with Gasteiger partial charge >= 0.3 is 6.03 Å². The summed E-state index contributed by atoms with van der Waals surface area (Å²) in [6, 6.07) is 6.70. The van der Waals surface area contributed by atoms with E-state index in [4.69, 9.17) is 22.1 Å². The number of amides is 3. The van der Waals surface area contributed by atoms with Gasteiger partial charge in [0.25, 0.3) is 0 Å². The Hall–Kier alpha value is -2.32. The predicted octanol–water partition coefficient (Wildman–Crippen LogP) is 2.53. The van der Waals surface area contributed by atoms with Gasteiger partial charge in [0.15, 0.2) is 0 Å². The third-order valence-corrected chi connectivity index (χ3v) is 5.39. The first kappa shape index (κ1) is 19.4. The zero-order valence-corrected chi connectivity index (χ0v) is 16.3. The Morgan fingerprint density at radius 3 is 2.59 bits per heavy atom. The summed E-state index contributed by atoms with van der Waals surface area (Å²) in [5, 5.41) is 3.35. The zero-order chi connectivity index (χ0) is 19.2. The number of rotatable bonds is 5. The maximum Gasteiger partial charge on any atom is 0.314 e. The lowest BCUT2D eigenvalue weighted by Gasteiger charge is -2.20. The van der Waals surface area contributed by atoms with E-state index in [9.17, 15) is 9.59 Å². The number of ether oxygens (including phenoxy) is 1. The van der Waals surface area contributed by atoms with Gasteiger partial charge in [0, 0.05) is 36.6 Å². The van der Waals surface area contributed by atoms with Gasteiger partial charge in [-0.15, -0.1) is 11.3 Å². The molecule has 3 rings (SSSR count). The van der Waals surface area contributed by atoms with Gasteiger partial charge in [0.05, 0.1) is 12.1 Å². The molecule has 2 N–H and O–H groups in total. The second-order valence-corrected chi connectivity index (χ2v) is 7.59. The van der Waals surface area contributed by atoms with Crippen LogP contribution in [0.4, 0.5) is 4.79 Å². The van der Waals surface area contributed by atoms with Crippen molar-refractivity contribution >= 4 is 34.9 Å². The number of nitrogens with two attached hydrogens (primary N) is 1. The molecule has 2 heterocycles. The van der Waals surface area contributed by atoms with Gasteiger partial charge in [-0.1, -0.05) is 11.6 Å². The first-order valence-corrected chi connectivity index (χ1v) is 9.91. The van der Waals surface area contributed by atoms with Crippen molar-refractivity contribution in [3.63, 3.8) is 0 Å². The Bertz CT molecular complexity index is 796. The van der Waals surface area contributed by atoms with Crippen molar-refractivity contribution < 1.29 is 14.3 Å². The summed E-state index contributed by atoms with van der Waals surface area (Å²) in [4.78, 5) is 31.6. The van der Waals surface area contributed by atoms with Gasteiger partial charge in [0.1, 0.15) is 17.4 Å². The number of urea groups is 1. The lowest BCUT2D eigenvalue weighted by atomic mass is 10.3. The van der Waals surface area contributed by atoms with Crippen LogP contribution in [0.1, 0.15) is 17.1 Å². The fourth-order valence-electron chi connectivity index (χ4n) is 2.83. The Morgan fingerprint density at radius 1 is 1.15 bits per heavy atom. The number of hydrogen-bond donors (Lipinski definition) is 1. The van der Waals surface area contributed by atoms with Crippen LogP contribution in [0.5, 0.6) is 5.75 Å². The molecule has 0 aliphatic carbocycles. The molecule has 9 heteroatoms. The van der Waals surface area contributed by atoms with Gasteiger partial charge in [-0.2, -0.15) is 0 Å². The summed E-state index contributed by atoms with van der Waals surface area (Å²) in [6.45, 7) is 2.52. The molecule has 1 saturated heterocycles. The Morgan fingerprint density at radius 2 is 1.85 bits per heavy atom. The lowest BCUT2D eigenvalue weighted by molar-refractivity contribution is -0.130. The minimum absolute atomic E-state index is 0.0109. The molecule has 1 fully saturated rings. The normalized spacial score (nSPS) is 14.7. The Balaban J connectivity index is 1.50. The quantitative estimate of drug-likeness (QED) is 0.823. The van der Waals surface area contributed by atoms with Crippen LogP contribution in [0.15, 0.2) is 29.6 Å². The molecular formula is C18H21ClN4O3S. The lowest BCUT2D eigenvalue weighted by Crippen LogP contribution is -2.40. The van der Waals surface area contributed by atoms with Gasteiger partial charge in [-0.25, -0.2) is 9.78 Å². The minimum Gasteiger partial charge on any atom is -0.486 e. The van der Waals surface area contributed by atoms with E-state index in [2.05, 4.69) is 4.98 Å². The number of benzene rings is 1. The number of thiazole rings is 1. The molecule has 1 aromatic heterocycles. The van der Waals surface area contributed by atoms with Crippen LogP contribution in [-0.2, 0) is 17.8 Å². The predicted molar refractivity (Wildman–Crippen MR) is 104 cm³/mol. The minimum atomic E-state index is -0.436. The highest BCUT2D eigenvalue weighted by molar-refractivity contribution is 7.09. The fraction of sp³-hybridized carbons (Fsp3) is 0.389. The number of halogens is 1. The molecule has 0 unspecified atom stereocenters. The second-order valence-electron chi connectivity index (χ2n) is 6.21. The maximum absolute atomic E-state index is 12.5. The van der Waals surface area contributed by atoms with E-state index in [0.717, 1.165) is 22.9 Å². The molecule has 0 spiro atoms. The average Bonchev–Trinajstić information content (AvgIpc) is 2.93. The first-order chi connectivity index (χ1) is 13.0. The van der Waals surface area contributed by atoms with E-state index in [-0.39, 0.29) is 12.3 Å². The van der Waals surface area contributed by atoms with Crippen LogP contribution >= 0.6 is 22.9 Å². The van der Waals surface area contributed by atoms with Crippen LogP contribution < -0.4 is 10.5 Å². The van der Waals surface area contributed by atoms with Gasteiger partial charge in [-0.05, 0) is 30.7 Å². The van der Waals surface area contributed by atoms with Crippen molar-refractivity contribution in [2.75, 3.05) is 26.2 Å². The highest BCUT2D eigenvalue weighted by atomic mass is 35.5. The smallest absolute Gasteiger partial charge is 0.314 e. The van der Waals surface area contributed by atoms with Crippen LogP contribution in [0, 0.1) is 0 Å². The summed E-state index contributed by atoms with van der Waals surface area (Å²) in [7, 11) is 0. The first-order valence-electron chi connectivity index (χ1n) is 8.65. The largest absolute Gasteiger partial charge is 0.486 e. The maximum atomic E-state index is 12.5. The van der Waals surface area contributed by atoms with E-state index in [1.165, 1.54) is 11.3 Å².